The van der Waals surface area contributed by atoms with Gasteiger partial charge in [-0.3, -0.25) is 4.79 Å². The summed E-state index contributed by atoms with van der Waals surface area (Å²) in [6.45, 7) is 6.02. The van der Waals surface area contributed by atoms with Gasteiger partial charge in [0.25, 0.3) is 5.91 Å². The molecule has 0 saturated heterocycles. The topological polar surface area (TPSA) is 38.3 Å². The lowest BCUT2D eigenvalue weighted by Gasteiger charge is -2.21. The van der Waals surface area contributed by atoms with Crippen molar-refractivity contribution in [2.45, 2.75) is 26.8 Å². The molecular weight excluding hydrogens is 233 g/mol. The van der Waals surface area contributed by atoms with Crippen LogP contribution in [0.4, 0.5) is 4.39 Å². The molecule has 1 N–H and O–H groups in total. The molecule has 0 radical (unpaired) electrons. The summed E-state index contributed by atoms with van der Waals surface area (Å²) in [4.78, 5) is 12.0. The lowest BCUT2D eigenvalue weighted by atomic mass is 10.0. The smallest absolute Gasteiger partial charge is 0.254 e. The highest BCUT2D eigenvalue weighted by Crippen LogP contribution is 2.12. The molecule has 1 aromatic rings. The molecule has 0 bridgehead atoms. The van der Waals surface area contributed by atoms with Gasteiger partial charge in [0.05, 0.1) is 18.2 Å². The monoisotopic (exact) mass is 253 g/mol. The molecule has 0 saturated carbocycles. The lowest BCUT2D eigenvalue weighted by Crippen LogP contribution is -2.42. The molecule has 1 rings (SSSR count). The minimum Gasteiger partial charge on any atom is -0.383 e. The predicted molar refractivity (Wildman–Crippen MR) is 69.1 cm³/mol. The summed E-state index contributed by atoms with van der Waals surface area (Å²) in [6, 6.07) is 4.68. The highest BCUT2D eigenvalue weighted by Gasteiger charge is 2.19. The molecule has 0 heterocycles. The number of benzene rings is 1. The summed E-state index contributed by atoms with van der Waals surface area (Å²) in [5.41, 5.74) is 0.548. The van der Waals surface area contributed by atoms with Crippen molar-refractivity contribution < 1.29 is 13.9 Å². The van der Waals surface area contributed by atoms with Crippen LogP contribution in [0, 0.1) is 18.7 Å². The van der Waals surface area contributed by atoms with Gasteiger partial charge in [0, 0.05) is 7.11 Å². The Hall–Kier alpha value is -1.42. The van der Waals surface area contributed by atoms with Crippen LogP contribution in [0.25, 0.3) is 0 Å². The fourth-order valence-corrected chi connectivity index (χ4v) is 1.65. The molecule has 0 aliphatic carbocycles. The van der Waals surface area contributed by atoms with E-state index in [1.54, 1.807) is 26.2 Å². The number of methoxy groups -OCH3 is 1. The second-order valence-corrected chi connectivity index (χ2v) is 4.72. The van der Waals surface area contributed by atoms with Crippen LogP contribution in [0.1, 0.15) is 29.8 Å². The van der Waals surface area contributed by atoms with E-state index in [1.165, 1.54) is 6.07 Å². The molecule has 0 fully saturated rings. The number of amides is 1. The Labute approximate surface area is 107 Å². The number of nitrogens with one attached hydrogen (secondary N) is 1. The molecule has 1 unspecified atom stereocenters. The first-order valence-corrected chi connectivity index (χ1v) is 6.02. The molecule has 0 spiro atoms. The van der Waals surface area contributed by atoms with E-state index in [-0.39, 0.29) is 17.5 Å². The van der Waals surface area contributed by atoms with Crippen molar-refractivity contribution in [2.75, 3.05) is 13.7 Å². The Kier molecular flexibility index (Phi) is 5.28. The predicted octanol–water partition coefficient (Wildman–Crippen LogP) is 2.53. The van der Waals surface area contributed by atoms with Gasteiger partial charge in [-0.1, -0.05) is 26.0 Å². The van der Waals surface area contributed by atoms with Gasteiger partial charge in [-0.25, -0.2) is 4.39 Å². The van der Waals surface area contributed by atoms with E-state index in [1.807, 2.05) is 13.8 Å². The van der Waals surface area contributed by atoms with Gasteiger partial charge in [0.1, 0.15) is 5.82 Å². The van der Waals surface area contributed by atoms with E-state index in [0.29, 0.717) is 12.2 Å². The third kappa shape index (κ3) is 3.53. The fourth-order valence-electron chi connectivity index (χ4n) is 1.65. The van der Waals surface area contributed by atoms with Crippen molar-refractivity contribution in [3.63, 3.8) is 0 Å². The molecule has 3 nitrogen and oxygen atoms in total. The number of rotatable bonds is 5. The lowest BCUT2D eigenvalue weighted by molar-refractivity contribution is 0.0862. The first-order valence-electron chi connectivity index (χ1n) is 6.02. The van der Waals surface area contributed by atoms with E-state index in [4.69, 9.17) is 4.74 Å². The molecule has 0 aliphatic heterocycles. The number of hydrogen-bond acceptors (Lipinski definition) is 2. The number of carbonyl (C=O) groups is 1. The average Bonchev–Trinajstić information content (AvgIpc) is 2.31. The fraction of sp³-hybridized carbons (Fsp3) is 0.500. The summed E-state index contributed by atoms with van der Waals surface area (Å²) >= 11 is 0. The minimum atomic E-state index is -0.463. The zero-order valence-corrected chi connectivity index (χ0v) is 11.3. The van der Waals surface area contributed by atoms with Crippen LogP contribution in [-0.4, -0.2) is 25.7 Å². The van der Waals surface area contributed by atoms with Gasteiger partial charge in [-0.15, -0.1) is 0 Å². The van der Waals surface area contributed by atoms with Gasteiger partial charge in [0.15, 0.2) is 0 Å². The summed E-state index contributed by atoms with van der Waals surface area (Å²) < 4.78 is 18.8. The second kappa shape index (κ2) is 6.50. The van der Waals surface area contributed by atoms with Crippen LogP contribution in [0.5, 0.6) is 0 Å². The first-order chi connectivity index (χ1) is 8.47. The maximum atomic E-state index is 13.8. The van der Waals surface area contributed by atoms with Crippen molar-refractivity contribution in [1.29, 1.82) is 0 Å². The van der Waals surface area contributed by atoms with E-state index >= 15 is 0 Å². The first kappa shape index (κ1) is 14.6. The van der Waals surface area contributed by atoms with Gasteiger partial charge >= 0.3 is 0 Å². The van der Waals surface area contributed by atoms with Gasteiger partial charge in [-0.2, -0.15) is 0 Å². The largest absolute Gasteiger partial charge is 0.383 e. The van der Waals surface area contributed by atoms with Gasteiger partial charge < -0.3 is 10.1 Å². The Morgan fingerprint density at radius 2 is 2.11 bits per heavy atom. The SMILES string of the molecule is COCC(NC(=O)c1cccc(C)c1F)C(C)C. The van der Waals surface area contributed by atoms with Crippen LogP contribution >= 0.6 is 0 Å². The number of carbonyl (C=O) groups excluding carboxylic acids is 1. The van der Waals surface area contributed by atoms with Crippen molar-refractivity contribution in [3.05, 3.63) is 35.1 Å². The van der Waals surface area contributed by atoms with Crippen LogP contribution < -0.4 is 5.32 Å². The normalized spacial score (nSPS) is 12.6. The summed E-state index contributed by atoms with van der Waals surface area (Å²) in [5.74, 6) is -0.636. The van der Waals surface area contributed by atoms with Crippen LogP contribution in [-0.2, 0) is 4.74 Å². The summed E-state index contributed by atoms with van der Waals surface area (Å²) in [5, 5.41) is 2.80. The maximum Gasteiger partial charge on any atom is 0.254 e. The zero-order valence-electron chi connectivity index (χ0n) is 11.3. The highest BCUT2D eigenvalue weighted by atomic mass is 19.1. The van der Waals surface area contributed by atoms with Crippen molar-refractivity contribution >= 4 is 5.91 Å². The Balaban J connectivity index is 2.84. The van der Waals surface area contributed by atoms with Crippen molar-refractivity contribution in [2.24, 2.45) is 5.92 Å². The molecule has 0 aromatic heterocycles. The average molecular weight is 253 g/mol. The second-order valence-electron chi connectivity index (χ2n) is 4.72. The Morgan fingerprint density at radius 3 is 2.67 bits per heavy atom. The maximum absolute atomic E-state index is 13.8. The third-order valence-corrected chi connectivity index (χ3v) is 2.90. The molecule has 1 aromatic carbocycles. The molecular formula is C14H20FNO2. The summed E-state index contributed by atoms with van der Waals surface area (Å²) in [6.07, 6.45) is 0. The Morgan fingerprint density at radius 1 is 1.44 bits per heavy atom. The van der Waals surface area contributed by atoms with Crippen LogP contribution in [0.15, 0.2) is 18.2 Å². The van der Waals surface area contributed by atoms with Crippen molar-refractivity contribution in [3.8, 4) is 0 Å². The summed E-state index contributed by atoms with van der Waals surface area (Å²) in [7, 11) is 1.58. The molecule has 1 amide bonds. The molecule has 1 atom stereocenters. The number of aryl methyl sites for hydroxylation is 1. The molecule has 18 heavy (non-hydrogen) atoms. The van der Waals surface area contributed by atoms with E-state index in [9.17, 15) is 9.18 Å². The number of hydrogen-bond donors (Lipinski definition) is 1. The van der Waals surface area contributed by atoms with Crippen LogP contribution in [0.3, 0.4) is 0 Å². The van der Waals surface area contributed by atoms with E-state index in [0.717, 1.165) is 0 Å². The molecule has 100 valence electrons. The Bertz CT molecular complexity index is 418. The number of ether oxygens (including phenoxy) is 1. The molecule has 4 heteroatoms. The van der Waals surface area contributed by atoms with Crippen LogP contribution in [0.2, 0.25) is 0 Å². The quantitative estimate of drug-likeness (QED) is 0.875. The third-order valence-electron chi connectivity index (χ3n) is 2.90. The molecule has 0 aliphatic rings. The van der Waals surface area contributed by atoms with Gasteiger partial charge in [0.2, 0.25) is 0 Å². The highest BCUT2D eigenvalue weighted by molar-refractivity contribution is 5.94. The number of halogens is 1. The van der Waals surface area contributed by atoms with E-state index in [2.05, 4.69) is 5.32 Å². The minimum absolute atomic E-state index is 0.0803. The zero-order chi connectivity index (χ0) is 13.7. The van der Waals surface area contributed by atoms with Crippen molar-refractivity contribution in [1.82, 2.24) is 5.32 Å². The standard InChI is InChI=1S/C14H20FNO2/c1-9(2)12(8-18-4)16-14(17)11-7-5-6-10(3)13(11)15/h5-7,9,12H,8H2,1-4H3,(H,16,17). The van der Waals surface area contributed by atoms with E-state index < -0.39 is 11.7 Å². The van der Waals surface area contributed by atoms with Gasteiger partial charge in [-0.05, 0) is 24.5 Å².